The Kier molecular flexibility index (Phi) is 6.84. The van der Waals surface area contributed by atoms with Gasteiger partial charge in [0.2, 0.25) is 0 Å². The van der Waals surface area contributed by atoms with Crippen LogP contribution in [0.5, 0.6) is 0 Å². The Labute approximate surface area is 280 Å². The highest BCUT2D eigenvalue weighted by Gasteiger charge is 2.18. The fraction of sp³-hybridized carbons (Fsp3) is 0. The lowest BCUT2D eigenvalue weighted by Gasteiger charge is -2.26. The molecule has 48 heavy (non-hydrogen) atoms. The largest absolute Gasteiger partial charge is 0.310 e. The smallest absolute Gasteiger partial charge is 0.0619 e. The van der Waals surface area contributed by atoms with Crippen LogP contribution in [0, 0.1) is 0 Å². The number of hydrogen-bond acceptors (Lipinski definition) is 1. The predicted octanol–water partition coefficient (Wildman–Crippen LogP) is 12.7. The molecule has 0 aliphatic heterocycles. The molecule has 0 saturated heterocycles. The van der Waals surface area contributed by atoms with Gasteiger partial charge in [0.05, 0.1) is 11.0 Å². The third-order valence-electron chi connectivity index (χ3n) is 9.37. The van der Waals surface area contributed by atoms with E-state index in [4.69, 9.17) is 0 Å². The molecule has 0 fully saturated rings. The second kappa shape index (κ2) is 11.8. The molecule has 0 aliphatic carbocycles. The van der Waals surface area contributed by atoms with Crippen LogP contribution < -0.4 is 4.90 Å². The maximum absolute atomic E-state index is 2.41. The van der Waals surface area contributed by atoms with Crippen molar-refractivity contribution in [3.63, 3.8) is 0 Å². The molecule has 0 atom stereocenters. The first-order valence-corrected chi connectivity index (χ1v) is 16.4. The van der Waals surface area contributed by atoms with E-state index in [1.54, 1.807) is 0 Å². The summed E-state index contributed by atoms with van der Waals surface area (Å²) in [6.07, 6.45) is 0. The van der Waals surface area contributed by atoms with Gasteiger partial charge in [0.15, 0.2) is 0 Å². The fourth-order valence-corrected chi connectivity index (χ4v) is 7.07. The van der Waals surface area contributed by atoms with Crippen LogP contribution in [0.3, 0.4) is 0 Å². The zero-order valence-electron chi connectivity index (χ0n) is 26.4. The summed E-state index contributed by atoms with van der Waals surface area (Å²) in [6, 6.07) is 69.8. The van der Waals surface area contributed by atoms with Crippen molar-refractivity contribution in [3.05, 3.63) is 194 Å². The van der Waals surface area contributed by atoms with Crippen LogP contribution in [0.1, 0.15) is 0 Å². The third-order valence-corrected chi connectivity index (χ3v) is 9.37. The number of para-hydroxylation sites is 2. The molecule has 0 unspecified atom stereocenters. The van der Waals surface area contributed by atoms with Crippen molar-refractivity contribution in [2.75, 3.05) is 4.90 Å². The second-order valence-corrected chi connectivity index (χ2v) is 12.2. The van der Waals surface area contributed by atoms with Gasteiger partial charge < -0.3 is 9.47 Å². The first kappa shape index (κ1) is 27.9. The fourth-order valence-electron chi connectivity index (χ4n) is 7.07. The number of nitrogens with zero attached hydrogens (tertiary/aromatic N) is 2. The minimum atomic E-state index is 1.11. The summed E-state index contributed by atoms with van der Waals surface area (Å²) in [7, 11) is 0. The number of fused-ring (bicyclic) bond motifs is 5. The average Bonchev–Trinajstić information content (AvgIpc) is 3.51. The van der Waals surface area contributed by atoms with E-state index in [0.29, 0.717) is 0 Å². The number of anilines is 3. The zero-order valence-corrected chi connectivity index (χ0v) is 26.4. The average molecular weight is 613 g/mol. The van der Waals surface area contributed by atoms with Crippen molar-refractivity contribution in [1.29, 1.82) is 0 Å². The van der Waals surface area contributed by atoms with E-state index in [0.717, 1.165) is 17.1 Å². The predicted molar refractivity (Wildman–Crippen MR) is 204 cm³/mol. The summed E-state index contributed by atoms with van der Waals surface area (Å²) in [4.78, 5) is 2.36. The summed E-state index contributed by atoms with van der Waals surface area (Å²) in [5, 5.41) is 4.96. The molecule has 0 radical (unpaired) electrons. The Morgan fingerprint density at radius 1 is 0.333 bits per heavy atom. The lowest BCUT2D eigenvalue weighted by molar-refractivity contribution is 1.19. The SMILES string of the molecule is c1ccc(-c2ccc(N(c3ccc(-c4ccccc4)cc3)c3ccc4c(ccc5c6ccccc6n(-c6ccccc6)c45)c3)cc2)cc1. The summed E-state index contributed by atoms with van der Waals surface area (Å²) in [5.74, 6) is 0. The number of rotatable bonds is 6. The standard InChI is InChI=1S/C46H32N2/c1-4-12-33(13-5-1)35-20-25-39(26-21-35)47(40-27-22-36(23-28-40)34-14-6-2-7-15-34)41-29-31-42-37(32-41)24-30-44-43-18-10-11-19-45(43)48(46(42)44)38-16-8-3-9-17-38/h1-32H. The van der Waals surface area contributed by atoms with E-state index in [9.17, 15) is 0 Å². The van der Waals surface area contributed by atoms with Crippen LogP contribution in [0.4, 0.5) is 17.1 Å². The molecule has 8 aromatic carbocycles. The molecule has 1 aromatic heterocycles. The molecule has 1 heterocycles. The number of hydrogen-bond donors (Lipinski definition) is 0. The quantitative estimate of drug-likeness (QED) is 0.181. The first-order chi connectivity index (χ1) is 23.8. The van der Waals surface area contributed by atoms with Gasteiger partial charge in [-0.1, -0.05) is 140 Å². The van der Waals surface area contributed by atoms with Crippen LogP contribution in [0.15, 0.2) is 194 Å². The minimum absolute atomic E-state index is 1.11. The molecule has 0 N–H and O–H groups in total. The Morgan fingerprint density at radius 3 is 1.42 bits per heavy atom. The van der Waals surface area contributed by atoms with Crippen LogP contribution in [-0.2, 0) is 0 Å². The van der Waals surface area contributed by atoms with E-state index >= 15 is 0 Å². The maximum Gasteiger partial charge on any atom is 0.0619 e. The van der Waals surface area contributed by atoms with Gasteiger partial charge in [-0.15, -0.1) is 0 Å². The molecule has 9 aromatic rings. The van der Waals surface area contributed by atoms with Gasteiger partial charge in [-0.25, -0.2) is 0 Å². The van der Waals surface area contributed by atoms with Crippen LogP contribution in [0.2, 0.25) is 0 Å². The Balaban J connectivity index is 1.21. The molecule has 0 amide bonds. The van der Waals surface area contributed by atoms with Crippen molar-refractivity contribution in [2.45, 2.75) is 0 Å². The molecule has 9 rings (SSSR count). The van der Waals surface area contributed by atoms with Crippen molar-refractivity contribution in [1.82, 2.24) is 4.57 Å². The van der Waals surface area contributed by atoms with Gasteiger partial charge in [-0.05, 0) is 82.2 Å². The van der Waals surface area contributed by atoms with Crippen LogP contribution in [0.25, 0.3) is 60.5 Å². The first-order valence-electron chi connectivity index (χ1n) is 16.4. The zero-order chi connectivity index (χ0) is 31.9. The molecular formula is C46H32N2. The molecule has 226 valence electrons. The van der Waals surface area contributed by atoms with E-state index < -0.39 is 0 Å². The molecule has 0 aliphatic rings. The van der Waals surface area contributed by atoms with Crippen LogP contribution in [-0.4, -0.2) is 4.57 Å². The Hall–Kier alpha value is -6.38. The number of aromatic nitrogens is 1. The minimum Gasteiger partial charge on any atom is -0.310 e. The maximum atomic E-state index is 2.41. The summed E-state index contributed by atoms with van der Waals surface area (Å²) < 4.78 is 2.41. The van der Waals surface area contributed by atoms with Gasteiger partial charge in [0.1, 0.15) is 0 Å². The highest BCUT2D eigenvalue weighted by molar-refractivity contribution is 6.19. The van der Waals surface area contributed by atoms with Crippen molar-refractivity contribution in [3.8, 4) is 27.9 Å². The highest BCUT2D eigenvalue weighted by atomic mass is 15.1. The van der Waals surface area contributed by atoms with Gasteiger partial charge in [0, 0.05) is 38.9 Å². The Morgan fingerprint density at radius 2 is 0.812 bits per heavy atom. The van der Waals surface area contributed by atoms with E-state index in [2.05, 4.69) is 204 Å². The van der Waals surface area contributed by atoms with Gasteiger partial charge in [-0.3, -0.25) is 0 Å². The van der Waals surface area contributed by atoms with E-state index in [1.165, 1.54) is 60.5 Å². The normalized spacial score (nSPS) is 11.3. The van der Waals surface area contributed by atoms with Gasteiger partial charge in [0.25, 0.3) is 0 Å². The van der Waals surface area contributed by atoms with Crippen molar-refractivity contribution in [2.24, 2.45) is 0 Å². The van der Waals surface area contributed by atoms with Crippen LogP contribution >= 0.6 is 0 Å². The van der Waals surface area contributed by atoms with Gasteiger partial charge >= 0.3 is 0 Å². The number of benzene rings is 8. The molecular weight excluding hydrogens is 581 g/mol. The highest BCUT2D eigenvalue weighted by Crippen LogP contribution is 2.41. The topological polar surface area (TPSA) is 8.17 Å². The van der Waals surface area contributed by atoms with E-state index in [1.807, 2.05) is 0 Å². The van der Waals surface area contributed by atoms with E-state index in [-0.39, 0.29) is 0 Å². The molecule has 2 heteroatoms. The third kappa shape index (κ3) is 4.83. The molecule has 0 bridgehead atoms. The molecule has 0 saturated carbocycles. The summed E-state index contributed by atoms with van der Waals surface area (Å²) in [5.41, 5.74) is 11.8. The molecule has 2 nitrogen and oxygen atoms in total. The summed E-state index contributed by atoms with van der Waals surface area (Å²) in [6.45, 7) is 0. The Bertz CT molecular complexity index is 2430. The van der Waals surface area contributed by atoms with Crippen molar-refractivity contribution < 1.29 is 0 Å². The lowest BCUT2D eigenvalue weighted by atomic mass is 10.0. The van der Waals surface area contributed by atoms with Crippen molar-refractivity contribution >= 4 is 49.6 Å². The monoisotopic (exact) mass is 612 g/mol. The summed E-state index contributed by atoms with van der Waals surface area (Å²) >= 11 is 0. The molecule has 0 spiro atoms. The second-order valence-electron chi connectivity index (χ2n) is 12.2. The van der Waals surface area contributed by atoms with Gasteiger partial charge in [-0.2, -0.15) is 0 Å². The lowest BCUT2D eigenvalue weighted by Crippen LogP contribution is -2.10.